The third-order valence-electron chi connectivity index (χ3n) is 5.01. The number of hydrogen-bond acceptors (Lipinski definition) is 2. The van der Waals surface area contributed by atoms with Crippen molar-refractivity contribution in [2.45, 2.75) is 69.9 Å². The highest BCUT2D eigenvalue weighted by atomic mass is 32.1. The Morgan fingerprint density at radius 2 is 2.00 bits per heavy atom. The predicted molar refractivity (Wildman–Crippen MR) is 79.1 cm³/mol. The Morgan fingerprint density at radius 3 is 2.67 bits per heavy atom. The fourth-order valence-corrected chi connectivity index (χ4v) is 5.09. The summed E-state index contributed by atoms with van der Waals surface area (Å²) in [5, 5.41) is 2.26. The van der Waals surface area contributed by atoms with E-state index in [0.717, 1.165) is 6.04 Å². The standard InChI is InChI=1S/C16H25NS/c1-14-8-3-6-12-17(14)16(10-4-2-5-11-16)15-9-7-13-18-15/h7,9,13-14H,2-6,8,10-12H2,1H3. The lowest BCUT2D eigenvalue weighted by Gasteiger charge is -2.51. The summed E-state index contributed by atoms with van der Waals surface area (Å²) in [7, 11) is 0. The van der Waals surface area contributed by atoms with Crippen molar-refractivity contribution in [2.75, 3.05) is 6.54 Å². The monoisotopic (exact) mass is 263 g/mol. The van der Waals surface area contributed by atoms with Crippen LogP contribution < -0.4 is 0 Å². The van der Waals surface area contributed by atoms with E-state index in [1.54, 1.807) is 4.88 Å². The van der Waals surface area contributed by atoms with Crippen LogP contribution in [0.3, 0.4) is 0 Å². The molecule has 0 N–H and O–H groups in total. The lowest BCUT2D eigenvalue weighted by atomic mass is 9.77. The molecular weight excluding hydrogens is 238 g/mol. The number of hydrogen-bond donors (Lipinski definition) is 0. The van der Waals surface area contributed by atoms with E-state index in [2.05, 4.69) is 29.3 Å². The van der Waals surface area contributed by atoms with Gasteiger partial charge in [0.15, 0.2) is 0 Å². The summed E-state index contributed by atoms with van der Waals surface area (Å²) in [4.78, 5) is 4.50. The molecule has 1 saturated carbocycles. The van der Waals surface area contributed by atoms with Gasteiger partial charge < -0.3 is 0 Å². The summed E-state index contributed by atoms with van der Waals surface area (Å²) < 4.78 is 0. The maximum Gasteiger partial charge on any atom is 0.0556 e. The molecule has 0 bridgehead atoms. The Labute approximate surface area is 115 Å². The average molecular weight is 263 g/mol. The van der Waals surface area contributed by atoms with Gasteiger partial charge in [-0.05, 0) is 50.6 Å². The van der Waals surface area contributed by atoms with Gasteiger partial charge in [-0.1, -0.05) is 31.7 Å². The van der Waals surface area contributed by atoms with Crippen LogP contribution in [0.2, 0.25) is 0 Å². The van der Waals surface area contributed by atoms with Crippen molar-refractivity contribution in [1.82, 2.24) is 4.90 Å². The molecule has 2 fully saturated rings. The number of rotatable bonds is 2. The molecule has 1 atom stereocenters. The van der Waals surface area contributed by atoms with Crippen LogP contribution in [0.1, 0.15) is 63.2 Å². The molecule has 0 spiro atoms. The molecule has 0 radical (unpaired) electrons. The largest absolute Gasteiger partial charge is 0.290 e. The van der Waals surface area contributed by atoms with E-state index >= 15 is 0 Å². The van der Waals surface area contributed by atoms with Gasteiger partial charge in [0.1, 0.15) is 0 Å². The molecule has 2 heteroatoms. The van der Waals surface area contributed by atoms with Crippen molar-refractivity contribution in [3.05, 3.63) is 22.4 Å². The van der Waals surface area contributed by atoms with E-state index < -0.39 is 0 Å². The first-order chi connectivity index (χ1) is 8.83. The topological polar surface area (TPSA) is 3.24 Å². The fourth-order valence-electron chi connectivity index (χ4n) is 4.09. The second-order valence-electron chi connectivity index (χ2n) is 6.11. The summed E-state index contributed by atoms with van der Waals surface area (Å²) in [6.45, 7) is 3.77. The van der Waals surface area contributed by atoms with E-state index in [0.29, 0.717) is 5.54 Å². The molecule has 1 aromatic heterocycles. The van der Waals surface area contributed by atoms with Gasteiger partial charge in [0.25, 0.3) is 0 Å². The highest BCUT2D eigenvalue weighted by Crippen LogP contribution is 2.46. The van der Waals surface area contributed by atoms with Crippen molar-refractivity contribution in [1.29, 1.82) is 0 Å². The van der Waals surface area contributed by atoms with Gasteiger partial charge in [0, 0.05) is 10.9 Å². The number of piperidine rings is 1. The zero-order chi connectivity index (χ0) is 12.4. The van der Waals surface area contributed by atoms with Crippen LogP contribution in [-0.4, -0.2) is 17.5 Å². The summed E-state index contributed by atoms with van der Waals surface area (Å²) in [5.41, 5.74) is 0.395. The highest BCUT2D eigenvalue weighted by Gasteiger charge is 2.42. The van der Waals surface area contributed by atoms with Gasteiger partial charge in [0.05, 0.1) is 5.54 Å². The molecule has 1 aliphatic carbocycles. The van der Waals surface area contributed by atoms with Crippen molar-refractivity contribution in [3.63, 3.8) is 0 Å². The third-order valence-corrected chi connectivity index (χ3v) is 6.08. The van der Waals surface area contributed by atoms with Crippen LogP contribution in [0, 0.1) is 0 Å². The lowest BCUT2D eigenvalue weighted by molar-refractivity contribution is -0.00335. The molecule has 1 saturated heterocycles. The first-order valence-corrected chi connectivity index (χ1v) is 8.52. The smallest absolute Gasteiger partial charge is 0.0556 e. The molecule has 1 unspecified atom stereocenters. The fraction of sp³-hybridized carbons (Fsp3) is 0.750. The quantitative estimate of drug-likeness (QED) is 0.742. The zero-order valence-corrected chi connectivity index (χ0v) is 12.3. The number of thiophene rings is 1. The Kier molecular flexibility index (Phi) is 3.76. The Bertz CT molecular complexity index is 364. The lowest BCUT2D eigenvalue weighted by Crippen LogP contribution is -2.53. The molecule has 2 aliphatic rings. The van der Waals surface area contributed by atoms with Crippen molar-refractivity contribution >= 4 is 11.3 Å². The minimum atomic E-state index is 0.395. The van der Waals surface area contributed by atoms with Gasteiger partial charge >= 0.3 is 0 Å². The van der Waals surface area contributed by atoms with Crippen molar-refractivity contribution in [3.8, 4) is 0 Å². The van der Waals surface area contributed by atoms with Gasteiger partial charge in [-0.2, -0.15) is 0 Å². The second kappa shape index (κ2) is 5.34. The van der Waals surface area contributed by atoms with E-state index in [9.17, 15) is 0 Å². The van der Waals surface area contributed by atoms with Gasteiger partial charge in [-0.15, -0.1) is 11.3 Å². The molecule has 18 heavy (non-hydrogen) atoms. The van der Waals surface area contributed by atoms with Crippen LogP contribution in [-0.2, 0) is 5.54 Å². The number of likely N-dealkylation sites (tertiary alicyclic amines) is 1. The van der Waals surface area contributed by atoms with Crippen LogP contribution in [0.25, 0.3) is 0 Å². The Morgan fingerprint density at radius 1 is 1.17 bits per heavy atom. The maximum atomic E-state index is 2.86. The molecule has 1 aliphatic heterocycles. The van der Waals surface area contributed by atoms with E-state index in [-0.39, 0.29) is 0 Å². The molecule has 100 valence electrons. The SMILES string of the molecule is CC1CCCCN1C1(c2cccs2)CCCCC1. The van der Waals surface area contributed by atoms with Gasteiger partial charge in [-0.25, -0.2) is 0 Å². The highest BCUT2D eigenvalue weighted by molar-refractivity contribution is 7.10. The van der Waals surface area contributed by atoms with Crippen molar-refractivity contribution < 1.29 is 0 Å². The summed E-state index contributed by atoms with van der Waals surface area (Å²) in [6, 6.07) is 5.40. The molecule has 1 nitrogen and oxygen atoms in total. The second-order valence-corrected chi connectivity index (χ2v) is 7.06. The van der Waals surface area contributed by atoms with Crippen LogP contribution in [0.15, 0.2) is 17.5 Å². The molecule has 1 aromatic rings. The minimum Gasteiger partial charge on any atom is -0.290 e. The minimum absolute atomic E-state index is 0.395. The summed E-state index contributed by atoms with van der Waals surface area (Å²) in [5.74, 6) is 0. The Balaban J connectivity index is 1.93. The molecular formula is C16H25NS. The van der Waals surface area contributed by atoms with E-state index in [1.165, 1.54) is 57.9 Å². The summed E-state index contributed by atoms with van der Waals surface area (Å²) in [6.07, 6.45) is 11.3. The van der Waals surface area contributed by atoms with Crippen LogP contribution in [0.5, 0.6) is 0 Å². The van der Waals surface area contributed by atoms with E-state index in [1.807, 2.05) is 11.3 Å². The zero-order valence-electron chi connectivity index (χ0n) is 11.5. The van der Waals surface area contributed by atoms with Gasteiger partial charge in [0.2, 0.25) is 0 Å². The predicted octanol–water partition coefficient (Wildman–Crippen LogP) is 4.78. The normalized spacial score (nSPS) is 29.3. The molecule has 0 aromatic carbocycles. The van der Waals surface area contributed by atoms with E-state index in [4.69, 9.17) is 0 Å². The molecule has 2 heterocycles. The average Bonchev–Trinajstić information content (AvgIpc) is 2.94. The third kappa shape index (κ3) is 2.14. The van der Waals surface area contributed by atoms with Gasteiger partial charge in [-0.3, -0.25) is 4.90 Å². The van der Waals surface area contributed by atoms with Crippen molar-refractivity contribution in [2.24, 2.45) is 0 Å². The first-order valence-electron chi connectivity index (χ1n) is 7.64. The van der Waals surface area contributed by atoms with Crippen LogP contribution >= 0.6 is 11.3 Å². The van der Waals surface area contributed by atoms with Crippen LogP contribution in [0.4, 0.5) is 0 Å². The molecule has 3 rings (SSSR count). The maximum absolute atomic E-state index is 2.86. The summed E-state index contributed by atoms with van der Waals surface area (Å²) >= 11 is 1.98. The number of nitrogens with zero attached hydrogens (tertiary/aromatic N) is 1. The molecule has 0 amide bonds. The first kappa shape index (κ1) is 12.7. The Hall–Kier alpha value is -0.340.